The number of hydrogen-bond acceptors (Lipinski definition) is 5. The summed E-state index contributed by atoms with van der Waals surface area (Å²) >= 11 is 0. The lowest BCUT2D eigenvalue weighted by molar-refractivity contribution is -0.130. The number of carbonyl (C=O) groups excluding carboxylic acids is 3. The van der Waals surface area contributed by atoms with E-state index in [9.17, 15) is 14.4 Å². The van der Waals surface area contributed by atoms with E-state index in [0.29, 0.717) is 0 Å². The molecular weight excluding hydrogens is 216 g/mol. The number of aliphatic hydroxyl groups is 1. The monoisotopic (exact) mass is 232 g/mol. The molecule has 0 aliphatic carbocycles. The molecule has 0 unspecified atom stereocenters. The van der Waals surface area contributed by atoms with Gasteiger partial charge in [-0.2, -0.15) is 0 Å². The van der Waals surface area contributed by atoms with Crippen molar-refractivity contribution in [1.82, 2.24) is 16.0 Å². The minimum absolute atomic E-state index is 0.0274. The molecule has 3 amide bonds. The molecule has 0 fully saturated rings. The van der Waals surface area contributed by atoms with Gasteiger partial charge in [0, 0.05) is 0 Å². The molecule has 8 nitrogen and oxygen atoms in total. The summed E-state index contributed by atoms with van der Waals surface area (Å²) in [5, 5.41) is 15.9. The van der Waals surface area contributed by atoms with Crippen LogP contribution in [0.5, 0.6) is 0 Å². The van der Waals surface area contributed by atoms with E-state index in [1.165, 1.54) is 0 Å². The molecule has 16 heavy (non-hydrogen) atoms. The molecular formula is C8H16N4O4. The van der Waals surface area contributed by atoms with Gasteiger partial charge in [0.1, 0.15) is 6.04 Å². The molecule has 92 valence electrons. The van der Waals surface area contributed by atoms with E-state index in [0.717, 1.165) is 0 Å². The van der Waals surface area contributed by atoms with Gasteiger partial charge in [-0.1, -0.05) is 0 Å². The molecule has 0 aromatic rings. The van der Waals surface area contributed by atoms with E-state index < -0.39 is 30.4 Å². The second-order valence-corrected chi connectivity index (χ2v) is 3.02. The van der Waals surface area contributed by atoms with Gasteiger partial charge in [-0.05, 0) is 7.05 Å². The summed E-state index contributed by atoms with van der Waals surface area (Å²) in [6.45, 7) is -0.864. The highest BCUT2D eigenvalue weighted by Crippen LogP contribution is 1.82. The lowest BCUT2D eigenvalue weighted by Gasteiger charge is -2.15. The molecule has 0 saturated carbocycles. The summed E-state index contributed by atoms with van der Waals surface area (Å²) in [7, 11) is 1.57. The van der Waals surface area contributed by atoms with Gasteiger partial charge in [0.05, 0.1) is 19.7 Å². The van der Waals surface area contributed by atoms with Crippen molar-refractivity contribution in [2.45, 2.75) is 6.04 Å². The van der Waals surface area contributed by atoms with Crippen LogP contribution < -0.4 is 21.7 Å². The Balaban J connectivity index is 4.11. The first kappa shape index (κ1) is 14.3. The molecule has 0 heterocycles. The fraction of sp³-hybridized carbons (Fsp3) is 0.625. The molecule has 0 aromatic carbocycles. The highest BCUT2D eigenvalue weighted by atomic mass is 16.3. The van der Waals surface area contributed by atoms with Crippen molar-refractivity contribution in [3.63, 3.8) is 0 Å². The van der Waals surface area contributed by atoms with Gasteiger partial charge in [0.2, 0.25) is 17.7 Å². The third kappa shape index (κ3) is 5.94. The van der Waals surface area contributed by atoms with Crippen LogP contribution in [0.4, 0.5) is 0 Å². The van der Waals surface area contributed by atoms with Crippen LogP contribution in [0.1, 0.15) is 0 Å². The summed E-state index contributed by atoms with van der Waals surface area (Å²) in [6.07, 6.45) is 0. The van der Waals surface area contributed by atoms with Crippen molar-refractivity contribution in [1.29, 1.82) is 0 Å². The minimum Gasteiger partial charge on any atom is -0.394 e. The van der Waals surface area contributed by atoms with E-state index >= 15 is 0 Å². The van der Waals surface area contributed by atoms with Crippen molar-refractivity contribution in [3.05, 3.63) is 0 Å². The first-order valence-corrected chi connectivity index (χ1v) is 4.62. The summed E-state index contributed by atoms with van der Waals surface area (Å²) in [5.74, 6) is -1.80. The molecule has 0 aromatic heterocycles. The maximum absolute atomic E-state index is 11.3. The average Bonchev–Trinajstić information content (AvgIpc) is 2.22. The highest BCUT2D eigenvalue weighted by molar-refractivity contribution is 5.90. The number of aliphatic hydroxyl groups excluding tert-OH is 1. The number of carbonyl (C=O) groups is 3. The molecule has 0 bridgehead atoms. The zero-order valence-corrected chi connectivity index (χ0v) is 8.95. The van der Waals surface area contributed by atoms with Crippen molar-refractivity contribution >= 4 is 17.7 Å². The Kier molecular flexibility index (Phi) is 6.81. The smallest absolute Gasteiger partial charge is 0.245 e. The van der Waals surface area contributed by atoms with Gasteiger partial charge < -0.3 is 26.8 Å². The molecule has 0 aliphatic rings. The zero-order chi connectivity index (χ0) is 12.6. The Labute approximate surface area is 92.6 Å². The number of primary amides is 1. The Morgan fingerprint density at radius 1 is 1.31 bits per heavy atom. The van der Waals surface area contributed by atoms with Crippen molar-refractivity contribution in [2.24, 2.45) is 5.73 Å². The summed E-state index contributed by atoms with van der Waals surface area (Å²) < 4.78 is 0. The van der Waals surface area contributed by atoms with Crippen LogP contribution in [-0.2, 0) is 14.4 Å². The first-order valence-electron chi connectivity index (χ1n) is 4.62. The van der Waals surface area contributed by atoms with Crippen molar-refractivity contribution in [2.75, 3.05) is 26.7 Å². The van der Waals surface area contributed by atoms with E-state index in [2.05, 4.69) is 16.0 Å². The second kappa shape index (κ2) is 7.60. The standard InChI is InChI=1S/C8H16N4O4/c1-10-3-7(15)12-5(4-13)8(16)11-2-6(9)14/h5,10,13H,2-4H2,1H3,(H2,9,14)(H,11,16)(H,12,15)/t5-/m0/s1. The number of nitrogens with one attached hydrogen (secondary N) is 3. The summed E-state index contributed by atoms with van der Waals surface area (Å²) in [5.41, 5.74) is 4.82. The molecule has 0 aliphatic heterocycles. The van der Waals surface area contributed by atoms with Crippen LogP contribution in [0.2, 0.25) is 0 Å². The van der Waals surface area contributed by atoms with Crippen LogP contribution >= 0.6 is 0 Å². The fourth-order valence-electron chi connectivity index (χ4n) is 0.897. The first-order chi connectivity index (χ1) is 7.51. The Morgan fingerprint density at radius 3 is 2.38 bits per heavy atom. The molecule has 0 saturated heterocycles. The normalized spacial score (nSPS) is 11.6. The Bertz CT molecular complexity index is 269. The molecule has 0 rings (SSSR count). The number of nitrogens with two attached hydrogens (primary N) is 1. The van der Waals surface area contributed by atoms with Crippen LogP contribution in [0, 0.1) is 0 Å². The van der Waals surface area contributed by atoms with Crippen LogP contribution in [-0.4, -0.2) is 55.6 Å². The maximum Gasteiger partial charge on any atom is 0.245 e. The zero-order valence-electron chi connectivity index (χ0n) is 8.95. The van der Waals surface area contributed by atoms with Gasteiger partial charge in [0.15, 0.2) is 0 Å². The highest BCUT2D eigenvalue weighted by Gasteiger charge is 2.19. The third-order valence-corrected chi connectivity index (χ3v) is 1.61. The van der Waals surface area contributed by atoms with E-state index in [1.54, 1.807) is 7.05 Å². The molecule has 0 radical (unpaired) electrons. The Hall–Kier alpha value is -1.67. The lowest BCUT2D eigenvalue weighted by atomic mass is 10.3. The largest absolute Gasteiger partial charge is 0.394 e. The van der Waals surface area contributed by atoms with Gasteiger partial charge in [0.25, 0.3) is 0 Å². The lowest BCUT2D eigenvalue weighted by Crippen LogP contribution is -2.51. The molecule has 1 atom stereocenters. The van der Waals surface area contributed by atoms with E-state index in [1.807, 2.05) is 0 Å². The van der Waals surface area contributed by atoms with Crippen LogP contribution in [0.15, 0.2) is 0 Å². The van der Waals surface area contributed by atoms with E-state index in [-0.39, 0.29) is 13.1 Å². The van der Waals surface area contributed by atoms with Crippen molar-refractivity contribution < 1.29 is 19.5 Å². The third-order valence-electron chi connectivity index (χ3n) is 1.61. The second-order valence-electron chi connectivity index (χ2n) is 3.02. The van der Waals surface area contributed by atoms with Gasteiger partial charge in [-0.15, -0.1) is 0 Å². The van der Waals surface area contributed by atoms with Gasteiger partial charge in [-0.3, -0.25) is 14.4 Å². The van der Waals surface area contributed by atoms with Crippen LogP contribution in [0.3, 0.4) is 0 Å². The molecule has 8 heteroatoms. The topological polar surface area (TPSA) is 134 Å². The number of likely N-dealkylation sites (N-methyl/N-ethyl adjacent to an activating group) is 1. The SMILES string of the molecule is CNCC(=O)N[C@@H](CO)C(=O)NCC(N)=O. The quantitative estimate of drug-likeness (QED) is 0.308. The predicted octanol–water partition coefficient (Wildman–Crippen LogP) is -3.72. The van der Waals surface area contributed by atoms with Crippen molar-refractivity contribution in [3.8, 4) is 0 Å². The minimum atomic E-state index is -1.08. The molecule has 0 spiro atoms. The number of hydrogen-bond donors (Lipinski definition) is 5. The summed E-state index contributed by atoms with van der Waals surface area (Å²) in [4.78, 5) is 32.8. The van der Waals surface area contributed by atoms with E-state index in [4.69, 9.17) is 10.8 Å². The van der Waals surface area contributed by atoms with Gasteiger partial charge >= 0.3 is 0 Å². The fourth-order valence-corrected chi connectivity index (χ4v) is 0.897. The molecule has 6 N–H and O–H groups in total. The number of amides is 3. The van der Waals surface area contributed by atoms with Gasteiger partial charge in [-0.25, -0.2) is 0 Å². The Morgan fingerprint density at radius 2 is 1.94 bits per heavy atom. The number of rotatable bonds is 7. The maximum atomic E-state index is 11.3. The van der Waals surface area contributed by atoms with Crippen LogP contribution in [0.25, 0.3) is 0 Å². The summed E-state index contributed by atoms with van der Waals surface area (Å²) in [6, 6.07) is -1.08. The average molecular weight is 232 g/mol. The predicted molar refractivity (Wildman–Crippen MR) is 55.1 cm³/mol.